The van der Waals surface area contributed by atoms with Crippen molar-refractivity contribution in [2.45, 2.75) is 19.4 Å². The molecule has 0 atom stereocenters. The van der Waals surface area contributed by atoms with Crippen LogP contribution in [0.3, 0.4) is 0 Å². The van der Waals surface area contributed by atoms with Gasteiger partial charge in [0.1, 0.15) is 5.82 Å². The van der Waals surface area contributed by atoms with E-state index in [-0.39, 0.29) is 24.2 Å². The number of amides is 1. The molecule has 1 amide bonds. The Kier molecular flexibility index (Phi) is 3.44. The van der Waals surface area contributed by atoms with Crippen LogP contribution in [0, 0.1) is 11.7 Å². The first-order chi connectivity index (χ1) is 9.63. The van der Waals surface area contributed by atoms with E-state index in [1.807, 2.05) is 0 Å². The van der Waals surface area contributed by atoms with Gasteiger partial charge >= 0.3 is 0 Å². The smallest absolute Gasteiger partial charge is 0.227 e. The molecule has 0 bridgehead atoms. The fourth-order valence-electron chi connectivity index (χ4n) is 1.95. The molecular formula is C14H13ClFN3O. The second-order valence-corrected chi connectivity index (χ2v) is 5.30. The van der Waals surface area contributed by atoms with E-state index in [1.165, 1.54) is 6.07 Å². The van der Waals surface area contributed by atoms with Crippen molar-refractivity contribution in [1.82, 2.24) is 9.78 Å². The molecule has 1 aromatic heterocycles. The Bertz CT molecular complexity index is 631. The van der Waals surface area contributed by atoms with Crippen LogP contribution in [-0.4, -0.2) is 15.7 Å². The van der Waals surface area contributed by atoms with Crippen molar-refractivity contribution < 1.29 is 9.18 Å². The molecule has 3 rings (SSSR count). The van der Waals surface area contributed by atoms with Gasteiger partial charge in [0.25, 0.3) is 0 Å². The third kappa shape index (κ3) is 2.82. The van der Waals surface area contributed by atoms with Crippen LogP contribution in [0.4, 0.5) is 10.1 Å². The highest BCUT2D eigenvalue weighted by molar-refractivity contribution is 6.31. The van der Waals surface area contributed by atoms with E-state index in [0.29, 0.717) is 16.3 Å². The van der Waals surface area contributed by atoms with Crippen molar-refractivity contribution in [3.05, 3.63) is 47.0 Å². The lowest BCUT2D eigenvalue weighted by Gasteiger charge is -2.05. The number of benzene rings is 1. The molecule has 2 aromatic rings. The maximum Gasteiger partial charge on any atom is 0.227 e. The normalized spacial score (nSPS) is 14.3. The number of rotatable bonds is 4. The maximum absolute atomic E-state index is 13.7. The van der Waals surface area contributed by atoms with Crippen LogP contribution in [-0.2, 0) is 11.3 Å². The first-order valence-electron chi connectivity index (χ1n) is 6.39. The molecule has 1 aliphatic rings. The second-order valence-electron chi connectivity index (χ2n) is 4.89. The number of halogens is 2. The minimum absolute atomic E-state index is 0.0217. The lowest BCUT2D eigenvalue weighted by Crippen LogP contribution is -2.12. The van der Waals surface area contributed by atoms with Gasteiger partial charge in [0.05, 0.1) is 18.4 Å². The molecule has 20 heavy (non-hydrogen) atoms. The van der Waals surface area contributed by atoms with Gasteiger partial charge in [0, 0.05) is 22.7 Å². The molecule has 1 N–H and O–H groups in total. The van der Waals surface area contributed by atoms with E-state index >= 15 is 0 Å². The number of anilines is 1. The van der Waals surface area contributed by atoms with Gasteiger partial charge in [-0.25, -0.2) is 4.39 Å². The summed E-state index contributed by atoms with van der Waals surface area (Å²) in [4.78, 5) is 11.6. The second kappa shape index (κ2) is 5.25. The summed E-state index contributed by atoms with van der Waals surface area (Å²) in [5, 5.41) is 7.26. The Hall–Kier alpha value is -1.88. The average Bonchev–Trinajstić information content (AvgIpc) is 3.17. The number of carbonyl (C=O) groups excluding carboxylic acids is 1. The zero-order chi connectivity index (χ0) is 14.1. The van der Waals surface area contributed by atoms with E-state index in [1.54, 1.807) is 29.2 Å². The van der Waals surface area contributed by atoms with Crippen molar-refractivity contribution >= 4 is 23.2 Å². The van der Waals surface area contributed by atoms with Gasteiger partial charge in [-0.15, -0.1) is 0 Å². The van der Waals surface area contributed by atoms with E-state index in [0.717, 1.165) is 12.8 Å². The predicted octanol–water partition coefficient (Wildman–Crippen LogP) is 3.07. The molecule has 104 valence electrons. The molecule has 1 aromatic carbocycles. The van der Waals surface area contributed by atoms with Gasteiger partial charge in [0.15, 0.2) is 0 Å². The molecule has 1 fully saturated rings. The summed E-state index contributed by atoms with van der Waals surface area (Å²) in [6, 6.07) is 4.56. The van der Waals surface area contributed by atoms with E-state index in [2.05, 4.69) is 10.4 Å². The lowest BCUT2D eigenvalue weighted by atomic mass is 10.2. The Morgan fingerprint density at radius 2 is 2.30 bits per heavy atom. The quantitative estimate of drug-likeness (QED) is 0.942. The fourth-order valence-corrected chi connectivity index (χ4v) is 2.17. The molecule has 0 aliphatic heterocycles. The number of hydrogen-bond donors (Lipinski definition) is 1. The highest BCUT2D eigenvalue weighted by Crippen LogP contribution is 2.30. The van der Waals surface area contributed by atoms with Crippen molar-refractivity contribution in [1.29, 1.82) is 0 Å². The summed E-state index contributed by atoms with van der Waals surface area (Å²) < 4.78 is 15.2. The molecule has 1 aliphatic carbocycles. The topological polar surface area (TPSA) is 46.9 Å². The standard InChI is InChI=1S/C14H13ClFN3O/c15-12-2-1-3-13(16)11(12)8-19-7-10(6-17-19)18-14(20)9-4-5-9/h1-3,6-7,9H,4-5,8H2,(H,18,20). The monoisotopic (exact) mass is 293 g/mol. The molecule has 0 unspecified atom stereocenters. The molecule has 1 saturated carbocycles. The average molecular weight is 294 g/mol. The molecule has 6 heteroatoms. The van der Waals surface area contributed by atoms with Crippen LogP contribution in [0.2, 0.25) is 5.02 Å². The molecule has 0 spiro atoms. The number of nitrogens with zero attached hydrogens (tertiary/aromatic N) is 2. The van der Waals surface area contributed by atoms with Gasteiger partial charge in [-0.3, -0.25) is 9.48 Å². The van der Waals surface area contributed by atoms with Gasteiger partial charge in [-0.2, -0.15) is 5.10 Å². The highest BCUT2D eigenvalue weighted by Gasteiger charge is 2.29. The van der Waals surface area contributed by atoms with Gasteiger partial charge < -0.3 is 5.32 Å². The summed E-state index contributed by atoms with van der Waals surface area (Å²) in [5.41, 5.74) is 1.01. The zero-order valence-electron chi connectivity index (χ0n) is 10.6. The minimum atomic E-state index is -0.364. The summed E-state index contributed by atoms with van der Waals surface area (Å²) in [6.45, 7) is 0.227. The highest BCUT2D eigenvalue weighted by atomic mass is 35.5. The zero-order valence-corrected chi connectivity index (χ0v) is 11.4. The number of carbonyl (C=O) groups is 1. The van der Waals surface area contributed by atoms with Gasteiger partial charge in [-0.05, 0) is 25.0 Å². The van der Waals surface area contributed by atoms with Crippen LogP contribution < -0.4 is 5.32 Å². The Balaban J connectivity index is 1.72. The first kappa shape index (κ1) is 13.1. The third-order valence-corrected chi connectivity index (χ3v) is 3.58. The number of nitrogens with one attached hydrogen (secondary N) is 1. The first-order valence-corrected chi connectivity index (χ1v) is 6.77. The van der Waals surface area contributed by atoms with Crippen LogP contribution in [0.1, 0.15) is 18.4 Å². The number of aromatic nitrogens is 2. The fraction of sp³-hybridized carbons (Fsp3) is 0.286. The molecule has 0 radical (unpaired) electrons. The number of hydrogen-bond acceptors (Lipinski definition) is 2. The summed E-state index contributed by atoms with van der Waals surface area (Å²) in [7, 11) is 0. The Morgan fingerprint density at radius 1 is 1.50 bits per heavy atom. The van der Waals surface area contributed by atoms with Gasteiger partial charge in [0.2, 0.25) is 5.91 Å². The van der Waals surface area contributed by atoms with Crippen molar-refractivity contribution in [3.63, 3.8) is 0 Å². The van der Waals surface area contributed by atoms with Crippen LogP contribution in [0.15, 0.2) is 30.6 Å². The van der Waals surface area contributed by atoms with E-state index < -0.39 is 0 Å². The lowest BCUT2D eigenvalue weighted by molar-refractivity contribution is -0.117. The predicted molar refractivity (Wildman–Crippen MR) is 74.1 cm³/mol. The van der Waals surface area contributed by atoms with Crippen LogP contribution >= 0.6 is 11.6 Å². The van der Waals surface area contributed by atoms with E-state index in [9.17, 15) is 9.18 Å². The molecular weight excluding hydrogens is 281 g/mol. The Labute approximate surface area is 120 Å². The van der Waals surface area contributed by atoms with Crippen molar-refractivity contribution in [2.75, 3.05) is 5.32 Å². The van der Waals surface area contributed by atoms with Gasteiger partial charge in [-0.1, -0.05) is 17.7 Å². The van der Waals surface area contributed by atoms with Crippen molar-refractivity contribution in [3.8, 4) is 0 Å². The molecule has 1 heterocycles. The third-order valence-electron chi connectivity index (χ3n) is 3.23. The largest absolute Gasteiger partial charge is 0.323 e. The SMILES string of the molecule is O=C(Nc1cnn(Cc2c(F)cccc2Cl)c1)C1CC1. The minimum Gasteiger partial charge on any atom is -0.323 e. The van der Waals surface area contributed by atoms with E-state index in [4.69, 9.17) is 11.6 Å². The maximum atomic E-state index is 13.7. The molecule has 0 saturated heterocycles. The van der Waals surface area contributed by atoms with Crippen molar-refractivity contribution in [2.24, 2.45) is 5.92 Å². The Morgan fingerprint density at radius 3 is 3.00 bits per heavy atom. The van der Waals surface area contributed by atoms with Crippen LogP contribution in [0.5, 0.6) is 0 Å². The van der Waals surface area contributed by atoms with Crippen LogP contribution in [0.25, 0.3) is 0 Å². The molecule has 4 nitrogen and oxygen atoms in total. The summed E-state index contributed by atoms with van der Waals surface area (Å²) >= 11 is 5.97. The summed E-state index contributed by atoms with van der Waals surface area (Å²) in [6.07, 6.45) is 5.12. The summed E-state index contributed by atoms with van der Waals surface area (Å²) in [5.74, 6) is -0.204.